The maximum absolute atomic E-state index is 12.8. The number of likely N-dealkylation sites (tertiary alicyclic amines) is 1. The predicted molar refractivity (Wildman–Crippen MR) is 134 cm³/mol. The number of fused-ring (bicyclic) bond motifs is 4. The number of phenols is 1. The van der Waals surface area contributed by atoms with Crippen molar-refractivity contribution in [2.24, 2.45) is 11.8 Å². The molecule has 6 nitrogen and oxygen atoms in total. The molecule has 1 N–H and O–H groups in total. The molecule has 0 radical (unpaired) electrons. The van der Waals surface area contributed by atoms with Crippen molar-refractivity contribution < 1.29 is 24.1 Å². The topological polar surface area (TPSA) is 68.2 Å². The van der Waals surface area contributed by atoms with E-state index in [0.29, 0.717) is 18.8 Å². The van der Waals surface area contributed by atoms with Gasteiger partial charge < -0.3 is 24.2 Å². The van der Waals surface area contributed by atoms with Crippen molar-refractivity contribution in [3.8, 4) is 11.5 Å². The molecule has 1 amide bonds. The third-order valence-corrected chi connectivity index (χ3v) is 7.82. The van der Waals surface area contributed by atoms with Gasteiger partial charge in [0.1, 0.15) is 11.2 Å². The standard InChI is InChI=1S/C29H37NO5/c1-5-29(17-19-10-7-6-8-11-19)22-16-20-18-30(27(32)35-28(2,3)4)15-14-24(20)33-25(22)21-12-9-13-23(31)26(21)34-29/h6-13,20,22,24-25,31H,5,14-18H2,1-4H3/t20-,22+,24+,25-,29+/m1/s1. The van der Waals surface area contributed by atoms with Gasteiger partial charge in [0.05, 0.1) is 12.2 Å². The highest BCUT2D eigenvalue weighted by molar-refractivity contribution is 5.68. The molecule has 0 aliphatic carbocycles. The number of nitrogens with zero attached hydrogens (tertiary/aromatic N) is 1. The van der Waals surface area contributed by atoms with Gasteiger partial charge >= 0.3 is 6.09 Å². The number of piperidine rings is 1. The molecule has 2 aromatic rings. The van der Waals surface area contributed by atoms with Crippen LogP contribution in [-0.2, 0) is 15.9 Å². The highest BCUT2D eigenvalue weighted by Crippen LogP contribution is 2.56. The van der Waals surface area contributed by atoms with Crippen molar-refractivity contribution in [2.75, 3.05) is 13.1 Å². The molecule has 5 rings (SSSR count). The second kappa shape index (κ2) is 9.05. The molecule has 3 aliphatic rings. The van der Waals surface area contributed by atoms with Gasteiger partial charge in [-0.15, -0.1) is 0 Å². The summed E-state index contributed by atoms with van der Waals surface area (Å²) in [6.07, 6.45) is 2.85. The molecule has 3 heterocycles. The highest BCUT2D eigenvalue weighted by Gasteiger charge is 2.55. The number of para-hydroxylation sites is 1. The summed E-state index contributed by atoms with van der Waals surface area (Å²) in [6, 6.07) is 16.0. The van der Waals surface area contributed by atoms with Crippen LogP contribution in [-0.4, -0.2) is 46.5 Å². The summed E-state index contributed by atoms with van der Waals surface area (Å²) in [5.41, 5.74) is 1.10. The number of aromatic hydroxyl groups is 1. The Kier molecular flexibility index (Phi) is 6.20. The van der Waals surface area contributed by atoms with Crippen molar-refractivity contribution in [2.45, 2.75) is 76.8 Å². The second-order valence-electron chi connectivity index (χ2n) is 11.3. The number of carbonyl (C=O) groups is 1. The fourth-order valence-electron chi connectivity index (χ4n) is 6.15. The summed E-state index contributed by atoms with van der Waals surface area (Å²) in [5.74, 6) is 1.02. The zero-order valence-corrected chi connectivity index (χ0v) is 21.2. The van der Waals surface area contributed by atoms with Gasteiger partial charge in [-0.05, 0) is 51.7 Å². The van der Waals surface area contributed by atoms with E-state index in [1.54, 1.807) is 6.07 Å². The van der Waals surface area contributed by atoms with Crippen LogP contribution in [0.1, 0.15) is 64.2 Å². The van der Waals surface area contributed by atoms with E-state index >= 15 is 0 Å². The van der Waals surface area contributed by atoms with E-state index in [-0.39, 0.29) is 35.9 Å². The lowest BCUT2D eigenvalue weighted by atomic mass is 9.66. The number of amides is 1. The van der Waals surface area contributed by atoms with Gasteiger partial charge in [-0.2, -0.15) is 0 Å². The molecule has 0 unspecified atom stereocenters. The van der Waals surface area contributed by atoms with E-state index in [9.17, 15) is 9.90 Å². The largest absolute Gasteiger partial charge is 0.504 e. The van der Waals surface area contributed by atoms with Gasteiger partial charge in [-0.1, -0.05) is 49.4 Å². The van der Waals surface area contributed by atoms with E-state index in [4.69, 9.17) is 14.2 Å². The molecule has 188 valence electrons. The number of carbonyl (C=O) groups excluding carboxylic acids is 1. The Morgan fingerprint density at radius 1 is 1.17 bits per heavy atom. The minimum atomic E-state index is -0.517. The number of phenolic OH excluding ortho intramolecular Hbond substituents is 1. The lowest BCUT2D eigenvalue weighted by Gasteiger charge is -2.55. The number of ether oxygens (including phenoxy) is 3. The molecule has 2 aromatic carbocycles. The quantitative estimate of drug-likeness (QED) is 0.595. The van der Waals surface area contributed by atoms with Gasteiger partial charge in [0.15, 0.2) is 11.5 Å². The van der Waals surface area contributed by atoms with Crippen LogP contribution in [0.3, 0.4) is 0 Å². The maximum atomic E-state index is 12.8. The molecule has 5 atom stereocenters. The van der Waals surface area contributed by atoms with Crippen molar-refractivity contribution >= 4 is 6.09 Å². The molecule has 6 heteroatoms. The zero-order valence-electron chi connectivity index (χ0n) is 21.2. The van der Waals surface area contributed by atoms with Crippen molar-refractivity contribution in [3.63, 3.8) is 0 Å². The van der Waals surface area contributed by atoms with Crippen LogP contribution in [0.2, 0.25) is 0 Å². The third kappa shape index (κ3) is 4.61. The highest BCUT2D eigenvalue weighted by atomic mass is 16.6. The molecule has 2 saturated heterocycles. The van der Waals surface area contributed by atoms with Crippen LogP contribution in [0, 0.1) is 11.8 Å². The minimum Gasteiger partial charge on any atom is -0.504 e. The first-order valence-electron chi connectivity index (χ1n) is 12.9. The van der Waals surface area contributed by atoms with E-state index in [0.717, 1.165) is 31.2 Å². The fraction of sp³-hybridized carbons (Fsp3) is 0.552. The molecular weight excluding hydrogens is 442 g/mol. The normalized spacial score (nSPS) is 29.9. The van der Waals surface area contributed by atoms with E-state index in [1.807, 2.05) is 43.9 Å². The van der Waals surface area contributed by atoms with Gasteiger partial charge in [-0.3, -0.25) is 0 Å². The molecule has 3 aliphatic heterocycles. The first-order valence-corrected chi connectivity index (χ1v) is 12.9. The Labute approximate surface area is 208 Å². The Morgan fingerprint density at radius 2 is 1.94 bits per heavy atom. The minimum absolute atomic E-state index is 0.0644. The Hall–Kier alpha value is -2.73. The van der Waals surface area contributed by atoms with Crippen LogP contribution >= 0.6 is 0 Å². The van der Waals surface area contributed by atoms with E-state index < -0.39 is 11.2 Å². The molecule has 0 spiro atoms. The first kappa shape index (κ1) is 24.0. The number of hydrogen-bond donors (Lipinski definition) is 1. The van der Waals surface area contributed by atoms with Gasteiger partial charge in [-0.25, -0.2) is 4.79 Å². The third-order valence-electron chi connectivity index (χ3n) is 7.82. The lowest BCUT2D eigenvalue weighted by molar-refractivity contribution is -0.194. The van der Waals surface area contributed by atoms with Crippen LogP contribution in [0.25, 0.3) is 0 Å². The first-order chi connectivity index (χ1) is 16.7. The van der Waals surface area contributed by atoms with Gasteiger partial charge in [0.2, 0.25) is 0 Å². The van der Waals surface area contributed by atoms with Crippen LogP contribution in [0.5, 0.6) is 11.5 Å². The molecule has 0 aromatic heterocycles. The van der Waals surface area contributed by atoms with Crippen molar-refractivity contribution in [1.82, 2.24) is 4.90 Å². The van der Waals surface area contributed by atoms with Crippen LogP contribution in [0.15, 0.2) is 48.5 Å². The van der Waals surface area contributed by atoms with E-state index in [2.05, 4.69) is 31.2 Å². The molecule has 2 fully saturated rings. The molecular formula is C29H37NO5. The van der Waals surface area contributed by atoms with Crippen molar-refractivity contribution in [1.29, 1.82) is 0 Å². The number of hydrogen-bond acceptors (Lipinski definition) is 5. The number of benzene rings is 2. The molecule has 35 heavy (non-hydrogen) atoms. The summed E-state index contributed by atoms with van der Waals surface area (Å²) in [6.45, 7) is 9.11. The maximum Gasteiger partial charge on any atom is 0.410 e. The average molecular weight is 480 g/mol. The van der Waals surface area contributed by atoms with Gasteiger partial charge in [0, 0.05) is 36.9 Å². The fourth-order valence-corrected chi connectivity index (χ4v) is 6.15. The average Bonchev–Trinajstić information content (AvgIpc) is 2.83. The Morgan fingerprint density at radius 3 is 2.66 bits per heavy atom. The predicted octanol–water partition coefficient (Wildman–Crippen LogP) is 5.88. The monoisotopic (exact) mass is 479 g/mol. The van der Waals surface area contributed by atoms with Crippen LogP contribution in [0.4, 0.5) is 4.79 Å². The Balaban J connectivity index is 1.47. The zero-order chi connectivity index (χ0) is 24.8. The smallest absolute Gasteiger partial charge is 0.410 e. The summed E-state index contributed by atoms with van der Waals surface area (Å²) in [4.78, 5) is 14.6. The summed E-state index contributed by atoms with van der Waals surface area (Å²) < 4.78 is 19.2. The summed E-state index contributed by atoms with van der Waals surface area (Å²) in [5, 5.41) is 10.7. The summed E-state index contributed by atoms with van der Waals surface area (Å²) >= 11 is 0. The van der Waals surface area contributed by atoms with Crippen LogP contribution < -0.4 is 4.74 Å². The molecule has 0 bridgehead atoms. The SMILES string of the molecule is CC[C@@]1(Cc2ccccc2)Oc2c(O)cccc2[C@H]2O[C@H]3CCN(C(=O)OC(C)(C)C)C[C@H]3C[C@@H]21. The van der Waals surface area contributed by atoms with Gasteiger partial charge in [0.25, 0.3) is 0 Å². The Bertz CT molecular complexity index is 1060. The summed E-state index contributed by atoms with van der Waals surface area (Å²) in [7, 11) is 0. The second-order valence-corrected chi connectivity index (χ2v) is 11.3. The van der Waals surface area contributed by atoms with Crippen molar-refractivity contribution in [3.05, 3.63) is 59.7 Å². The van der Waals surface area contributed by atoms with E-state index in [1.165, 1.54) is 5.56 Å². The lowest BCUT2D eigenvalue weighted by Crippen LogP contribution is -2.58. The number of rotatable bonds is 3. The molecule has 0 saturated carbocycles.